The van der Waals surface area contributed by atoms with E-state index in [1.807, 2.05) is 38.1 Å². The number of nitrogens with one attached hydrogen (secondary N) is 1. The molecule has 0 aliphatic carbocycles. The van der Waals surface area contributed by atoms with Crippen LogP contribution in [0.5, 0.6) is 5.75 Å². The standard InChI is InChI=1S/C16H21NO3/c1-15(2)13(14(18)16(3,4)20-15)10-17-11-6-8-12(19-5)9-7-11/h6-10,17H,1-5H3. The number of ether oxygens (including phenoxy) is 2. The number of rotatable bonds is 3. The summed E-state index contributed by atoms with van der Waals surface area (Å²) in [6.45, 7) is 7.40. The molecule has 0 amide bonds. The van der Waals surface area contributed by atoms with Crippen LogP contribution in [-0.2, 0) is 9.53 Å². The second kappa shape index (κ2) is 4.94. The molecule has 2 rings (SSSR count). The zero-order valence-electron chi connectivity index (χ0n) is 12.6. The van der Waals surface area contributed by atoms with Crippen molar-refractivity contribution < 1.29 is 14.3 Å². The average molecular weight is 275 g/mol. The molecule has 0 saturated carbocycles. The summed E-state index contributed by atoms with van der Waals surface area (Å²) in [6, 6.07) is 7.52. The van der Waals surface area contributed by atoms with Gasteiger partial charge in [0, 0.05) is 17.5 Å². The topological polar surface area (TPSA) is 47.6 Å². The van der Waals surface area contributed by atoms with E-state index < -0.39 is 11.2 Å². The van der Waals surface area contributed by atoms with E-state index in [1.54, 1.807) is 27.2 Å². The molecule has 0 unspecified atom stereocenters. The lowest BCUT2D eigenvalue weighted by Gasteiger charge is -2.22. The van der Waals surface area contributed by atoms with Crippen LogP contribution in [0.2, 0.25) is 0 Å². The van der Waals surface area contributed by atoms with E-state index >= 15 is 0 Å². The van der Waals surface area contributed by atoms with E-state index in [0.717, 1.165) is 11.4 Å². The third-order valence-electron chi connectivity index (χ3n) is 3.42. The van der Waals surface area contributed by atoms with Crippen LogP contribution >= 0.6 is 0 Å². The van der Waals surface area contributed by atoms with Gasteiger partial charge in [0.05, 0.1) is 12.7 Å². The van der Waals surface area contributed by atoms with Gasteiger partial charge in [-0.25, -0.2) is 0 Å². The van der Waals surface area contributed by atoms with Crippen LogP contribution in [0.4, 0.5) is 5.69 Å². The first-order valence-electron chi connectivity index (χ1n) is 6.62. The van der Waals surface area contributed by atoms with Crippen LogP contribution in [0, 0.1) is 0 Å². The minimum atomic E-state index is -0.767. The number of Topliss-reactive ketones (excluding diaryl/α,β-unsaturated/α-hetero) is 1. The van der Waals surface area contributed by atoms with Crippen LogP contribution in [0.25, 0.3) is 0 Å². The van der Waals surface area contributed by atoms with Crippen LogP contribution in [0.3, 0.4) is 0 Å². The largest absolute Gasteiger partial charge is 0.497 e. The maximum Gasteiger partial charge on any atom is 0.194 e. The van der Waals surface area contributed by atoms with E-state index in [4.69, 9.17) is 9.47 Å². The molecule has 0 atom stereocenters. The molecule has 0 radical (unpaired) electrons. The number of hydrogen-bond donors (Lipinski definition) is 1. The van der Waals surface area contributed by atoms with E-state index in [9.17, 15) is 4.79 Å². The maximum absolute atomic E-state index is 12.3. The molecule has 4 heteroatoms. The van der Waals surface area contributed by atoms with Gasteiger partial charge in [-0.15, -0.1) is 0 Å². The average Bonchev–Trinajstić information content (AvgIpc) is 2.53. The van der Waals surface area contributed by atoms with E-state index in [1.165, 1.54) is 0 Å². The summed E-state index contributed by atoms with van der Waals surface area (Å²) < 4.78 is 10.9. The molecule has 1 fully saturated rings. The minimum Gasteiger partial charge on any atom is -0.497 e. The molecule has 1 aliphatic rings. The first kappa shape index (κ1) is 14.6. The molecule has 0 bridgehead atoms. The van der Waals surface area contributed by atoms with Crippen molar-refractivity contribution in [2.45, 2.75) is 38.9 Å². The third kappa shape index (κ3) is 2.70. The monoisotopic (exact) mass is 275 g/mol. The lowest BCUT2D eigenvalue weighted by atomic mass is 9.93. The molecule has 1 saturated heterocycles. The Labute approximate surface area is 119 Å². The van der Waals surface area contributed by atoms with Crippen LogP contribution in [-0.4, -0.2) is 24.1 Å². The van der Waals surface area contributed by atoms with Crippen molar-refractivity contribution in [1.82, 2.24) is 0 Å². The fourth-order valence-electron chi connectivity index (χ4n) is 2.42. The van der Waals surface area contributed by atoms with Crippen LogP contribution in [0.1, 0.15) is 27.7 Å². The second-order valence-corrected chi connectivity index (χ2v) is 5.88. The summed E-state index contributed by atoms with van der Waals surface area (Å²) in [7, 11) is 1.63. The molecule has 1 aliphatic heterocycles. The van der Waals surface area contributed by atoms with Gasteiger partial charge in [-0.1, -0.05) is 0 Å². The van der Waals surface area contributed by atoms with Gasteiger partial charge in [0.2, 0.25) is 0 Å². The predicted molar refractivity (Wildman–Crippen MR) is 78.9 cm³/mol. The van der Waals surface area contributed by atoms with E-state index in [2.05, 4.69) is 5.32 Å². The molecule has 0 spiro atoms. The van der Waals surface area contributed by atoms with E-state index in [-0.39, 0.29) is 5.78 Å². The molecular weight excluding hydrogens is 254 g/mol. The number of ketones is 1. The number of hydrogen-bond acceptors (Lipinski definition) is 4. The van der Waals surface area contributed by atoms with Crippen molar-refractivity contribution in [3.8, 4) is 5.75 Å². The Morgan fingerprint density at radius 2 is 1.70 bits per heavy atom. The lowest BCUT2D eigenvalue weighted by Crippen LogP contribution is -2.29. The second-order valence-electron chi connectivity index (χ2n) is 5.88. The first-order valence-corrected chi connectivity index (χ1v) is 6.62. The Morgan fingerprint density at radius 3 is 2.15 bits per heavy atom. The number of carbonyl (C=O) groups excluding carboxylic acids is 1. The normalized spacial score (nSPS) is 22.1. The Balaban J connectivity index is 2.20. The maximum atomic E-state index is 12.3. The summed E-state index contributed by atoms with van der Waals surface area (Å²) in [5, 5.41) is 3.14. The van der Waals surface area contributed by atoms with Crippen LogP contribution in [0.15, 0.2) is 36.0 Å². The molecule has 1 N–H and O–H groups in total. The molecule has 20 heavy (non-hydrogen) atoms. The number of anilines is 1. The highest BCUT2D eigenvalue weighted by atomic mass is 16.5. The van der Waals surface area contributed by atoms with E-state index in [0.29, 0.717) is 5.57 Å². The number of methoxy groups -OCH3 is 1. The number of benzene rings is 1. The van der Waals surface area contributed by atoms with Gasteiger partial charge in [-0.3, -0.25) is 4.79 Å². The van der Waals surface area contributed by atoms with Gasteiger partial charge in [0.1, 0.15) is 11.4 Å². The zero-order valence-corrected chi connectivity index (χ0v) is 12.6. The van der Waals surface area contributed by atoms with Crippen molar-refractivity contribution in [3.63, 3.8) is 0 Å². The summed E-state index contributed by atoms with van der Waals surface area (Å²) in [5.41, 5.74) is 0.196. The van der Waals surface area contributed by atoms with Gasteiger partial charge in [0.15, 0.2) is 5.78 Å². The summed E-state index contributed by atoms with van der Waals surface area (Å²) in [5.74, 6) is 0.813. The Bertz CT molecular complexity index is 541. The molecule has 1 heterocycles. The summed E-state index contributed by atoms with van der Waals surface area (Å²) in [6.07, 6.45) is 1.74. The van der Waals surface area contributed by atoms with Gasteiger partial charge in [-0.05, 0) is 52.0 Å². The third-order valence-corrected chi connectivity index (χ3v) is 3.42. The summed E-state index contributed by atoms with van der Waals surface area (Å²) >= 11 is 0. The molecular formula is C16H21NO3. The highest BCUT2D eigenvalue weighted by Gasteiger charge is 2.49. The molecule has 1 aromatic carbocycles. The zero-order chi connectivity index (χ0) is 15.0. The minimum absolute atomic E-state index is 0.0171. The fourth-order valence-corrected chi connectivity index (χ4v) is 2.42. The Kier molecular flexibility index (Phi) is 3.61. The smallest absolute Gasteiger partial charge is 0.194 e. The molecule has 0 aromatic heterocycles. The van der Waals surface area contributed by atoms with Gasteiger partial charge >= 0.3 is 0 Å². The number of carbonyl (C=O) groups is 1. The predicted octanol–water partition coefficient (Wildman–Crippen LogP) is 3.15. The lowest BCUT2D eigenvalue weighted by molar-refractivity contribution is -0.132. The van der Waals surface area contributed by atoms with Gasteiger partial charge in [0.25, 0.3) is 0 Å². The van der Waals surface area contributed by atoms with Crippen molar-refractivity contribution in [1.29, 1.82) is 0 Å². The van der Waals surface area contributed by atoms with Crippen molar-refractivity contribution in [3.05, 3.63) is 36.0 Å². The quantitative estimate of drug-likeness (QED) is 0.861. The van der Waals surface area contributed by atoms with Gasteiger partial charge in [-0.2, -0.15) is 0 Å². The van der Waals surface area contributed by atoms with Crippen molar-refractivity contribution >= 4 is 11.5 Å². The highest BCUT2D eigenvalue weighted by molar-refractivity contribution is 6.05. The Hall–Kier alpha value is -1.81. The van der Waals surface area contributed by atoms with Crippen LogP contribution < -0.4 is 10.1 Å². The molecule has 4 nitrogen and oxygen atoms in total. The fraction of sp³-hybridized carbons (Fsp3) is 0.438. The SMILES string of the molecule is COc1ccc(NC=C2C(=O)C(C)(C)OC2(C)C)cc1. The Morgan fingerprint density at radius 1 is 1.10 bits per heavy atom. The highest BCUT2D eigenvalue weighted by Crippen LogP contribution is 2.38. The summed E-state index contributed by atoms with van der Waals surface area (Å²) in [4.78, 5) is 12.3. The van der Waals surface area contributed by atoms with Gasteiger partial charge < -0.3 is 14.8 Å². The first-order chi connectivity index (χ1) is 9.26. The van der Waals surface area contributed by atoms with Crippen molar-refractivity contribution in [2.24, 2.45) is 0 Å². The molecule has 108 valence electrons. The molecule has 1 aromatic rings. The van der Waals surface area contributed by atoms with Crippen molar-refractivity contribution in [2.75, 3.05) is 12.4 Å².